The van der Waals surface area contributed by atoms with E-state index in [1.54, 1.807) is 0 Å². The van der Waals surface area contributed by atoms with Crippen molar-refractivity contribution in [2.24, 2.45) is 11.3 Å². The smallest absolute Gasteiger partial charge is 0.340 e. The summed E-state index contributed by atoms with van der Waals surface area (Å²) in [5, 5.41) is 12.6. The first-order valence-corrected chi connectivity index (χ1v) is 12.7. The molecule has 4 N–H and O–H groups in total. The number of hydrogen-bond acceptors (Lipinski definition) is 5. The molecule has 0 radical (unpaired) electrons. The highest BCUT2D eigenvalue weighted by molar-refractivity contribution is 5.96. The zero-order valence-corrected chi connectivity index (χ0v) is 21.3. The van der Waals surface area contributed by atoms with Crippen molar-refractivity contribution >= 4 is 17.6 Å². The summed E-state index contributed by atoms with van der Waals surface area (Å²) in [5.41, 5.74) is 10.5. The summed E-state index contributed by atoms with van der Waals surface area (Å²) in [5.74, 6) is -0.150. The Morgan fingerprint density at radius 3 is 2.69 bits per heavy atom. The van der Waals surface area contributed by atoms with Crippen molar-refractivity contribution in [3.05, 3.63) is 58.7 Å². The van der Waals surface area contributed by atoms with Crippen molar-refractivity contribution in [3.63, 3.8) is 0 Å². The Labute approximate surface area is 208 Å². The summed E-state index contributed by atoms with van der Waals surface area (Å²) in [7, 11) is 0. The summed E-state index contributed by atoms with van der Waals surface area (Å²) in [4.78, 5) is 24.9. The molecular formula is C29H38N2O4. The van der Waals surface area contributed by atoms with Gasteiger partial charge in [-0.2, -0.15) is 0 Å². The number of aryl methyl sites for hydroxylation is 1. The number of rotatable bonds is 6. The molecule has 1 fully saturated rings. The first-order valence-electron chi connectivity index (χ1n) is 12.7. The minimum absolute atomic E-state index is 0.0310. The third-order valence-corrected chi connectivity index (χ3v) is 8.45. The SMILES string of the molecule is CC(C)c1ccc2c(c1)CCC1C(C)(CNC(=O)COC(=O)c3cc(O)ccc3N)CCCC21C. The highest BCUT2D eigenvalue weighted by Gasteiger charge is 2.51. The van der Waals surface area contributed by atoms with Crippen molar-refractivity contribution in [2.75, 3.05) is 18.9 Å². The van der Waals surface area contributed by atoms with Crippen LogP contribution in [0.5, 0.6) is 5.75 Å². The van der Waals surface area contributed by atoms with Gasteiger partial charge in [-0.05, 0) is 83.2 Å². The molecular weight excluding hydrogens is 440 g/mol. The predicted octanol–water partition coefficient (Wildman–Crippen LogP) is 5.08. The van der Waals surface area contributed by atoms with E-state index >= 15 is 0 Å². The van der Waals surface area contributed by atoms with Gasteiger partial charge in [-0.25, -0.2) is 4.79 Å². The Morgan fingerprint density at radius 1 is 1.17 bits per heavy atom. The lowest BCUT2D eigenvalue weighted by Gasteiger charge is -2.55. The van der Waals surface area contributed by atoms with Crippen LogP contribution in [0.1, 0.15) is 86.3 Å². The Kier molecular flexibility index (Phi) is 6.85. The second kappa shape index (κ2) is 9.56. The van der Waals surface area contributed by atoms with E-state index in [0.29, 0.717) is 18.4 Å². The van der Waals surface area contributed by atoms with Crippen molar-refractivity contribution < 1.29 is 19.4 Å². The topological polar surface area (TPSA) is 102 Å². The van der Waals surface area contributed by atoms with Crippen LogP contribution in [0.3, 0.4) is 0 Å². The number of benzene rings is 2. The number of nitrogen functional groups attached to an aromatic ring is 1. The normalized spacial score (nSPS) is 25.5. The van der Waals surface area contributed by atoms with Gasteiger partial charge in [0.25, 0.3) is 5.91 Å². The lowest BCUT2D eigenvalue weighted by Crippen LogP contribution is -2.53. The van der Waals surface area contributed by atoms with Gasteiger partial charge >= 0.3 is 5.97 Å². The second-order valence-electron chi connectivity index (χ2n) is 11.2. The molecule has 3 unspecified atom stereocenters. The number of anilines is 1. The van der Waals surface area contributed by atoms with E-state index in [1.807, 2.05) is 0 Å². The van der Waals surface area contributed by atoms with Crippen LogP contribution in [0.2, 0.25) is 0 Å². The fourth-order valence-electron chi connectivity index (χ4n) is 6.50. The lowest BCUT2D eigenvalue weighted by atomic mass is 9.49. The average Bonchev–Trinajstić information content (AvgIpc) is 2.82. The molecule has 2 aliphatic rings. The van der Waals surface area contributed by atoms with Crippen LogP contribution in [0, 0.1) is 11.3 Å². The molecule has 1 amide bonds. The molecule has 0 bridgehead atoms. The van der Waals surface area contributed by atoms with Crippen molar-refractivity contribution in [1.82, 2.24) is 5.32 Å². The quantitative estimate of drug-likeness (QED) is 0.305. The molecule has 2 aliphatic carbocycles. The molecule has 1 saturated carbocycles. The van der Waals surface area contributed by atoms with Crippen LogP contribution in [-0.2, 0) is 21.4 Å². The van der Waals surface area contributed by atoms with Gasteiger partial charge in [-0.3, -0.25) is 4.79 Å². The van der Waals surface area contributed by atoms with E-state index in [4.69, 9.17) is 10.5 Å². The molecule has 0 spiro atoms. The van der Waals surface area contributed by atoms with Crippen LogP contribution >= 0.6 is 0 Å². The first kappa shape index (κ1) is 25.1. The number of esters is 1. The molecule has 6 nitrogen and oxygen atoms in total. The Morgan fingerprint density at radius 2 is 1.94 bits per heavy atom. The third kappa shape index (κ3) is 4.89. The van der Waals surface area contributed by atoms with Crippen molar-refractivity contribution in [2.45, 2.75) is 71.1 Å². The van der Waals surface area contributed by atoms with E-state index < -0.39 is 5.97 Å². The highest BCUT2D eigenvalue weighted by atomic mass is 16.5. The van der Waals surface area contributed by atoms with Crippen LogP contribution in [0.25, 0.3) is 0 Å². The summed E-state index contributed by atoms with van der Waals surface area (Å²) in [6, 6.07) is 11.1. The largest absolute Gasteiger partial charge is 0.508 e. The molecule has 0 aromatic heterocycles. The molecule has 2 aromatic rings. The second-order valence-corrected chi connectivity index (χ2v) is 11.2. The Bertz CT molecular complexity index is 1130. The number of nitrogens with two attached hydrogens (primary N) is 1. The van der Waals surface area contributed by atoms with Crippen LogP contribution < -0.4 is 11.1 Å². The number of aromatic hydroxyl groups is 1. The van der Waals surface area contributed by atoms with E-state index in [1.165, 1.54) is 34.9 Å². The van der Waals surface area contributed by atoms with Gasteiger partial charge in [0.2, 0.25) is 0 Å². The maximum absolute atomic E-state index is 12.6. The number of phenols is 1. The molecule has 3 atom stereocenters. The molecule has 2 aromatic carbocycles. The van der Waals surface area contributed by atoms with Crippen LogP contribution in [0.4, 0.5) is 5.69 Å². The molecule has 4 rings (SSSR count). The van der Waals surface area contributed by atoms with Gasteiger partial charge in [-0.15, -0.1) is 0 Å². The average molecular weight is 479 g/mol. The van der Waals surface area contributed by atoms with Gasteiger partial charge < -0.3 is 20.9 Å². The predicted molar refractivity (Wildman–Crippen MR) is 137 cm³/mol. The van der Waals surface area contributed by atoms with Gasteiger partial charge in [-0.1, -0.05) is 52.3 Å². The summed E-state index contributed by atoms with van der Waals surface area (Å²) >= 11 is 0. The minimum atomic E-state index is -0.727. The standard InChI is InChI=1S/C29H38N2O4/c1-18(2)19-6-9-23-20(14-19)7-11-25-28(3,12-5-13-29(23,25)4)17-31-26(33)16-35-27(34)22-15-21(32)8-10-24(22)30/h6,8-10,14-15,18,25,32H,5,7,11-13,16-17,30H2,1-4H3,(H,31,33). The van der Waals surface area contributed by atoms with Gasteiger partial charge in [0.05, 0.1) is 5.56 Å². The van der Waals surface area contributed by atoms with Crippen LogP contribution in [0.15, 0.2) is 36.4 Å². The van der Waals surface area contributed by atoms with E-state index in [2.05, 4.69) is 51.2 Å². The number of carbonyl (C=O) groups is 2. The molecule has 0 heterocycles. The lowest BCUT2D eigenvalue weighted by molar-refractivity contribution is -0.125. The number of carbonyl (C=O) groups excluding carboxylic acids is 2. The number of amides is 1. The Balaban J connectivity index is 1.41. The Hall–Kier alpha value is -3.02. The van der Waals surface area contributed by atoms with Crippen LogP contribution in [-0.4, -0.2) is 30.1 Å². The molecule has 188 valence electrons. The minimum Gasteiger partial charge on any atom is -0.508 e. The summed E-state index contributed by atoms with van der Waals surface area (Å²) < 4.78 is 5.16. The number of hydrogen-bond donors (Lipinski definition) is 3. The van der Waals surface area contributed by atoms with Crippen molar-refractivity contribution in [1.29, 1.82) is 0 Å². The molecule has 35 heavy (non-hydrogen) atoms. The highest BCUT2D eigenvalue weighted by Crippen LogP contribution is 2.57. The number of fused-ring (bicyclic) bond motifs is 3. The fourth-order valence-corrected chi connectivity index (χ4v) is 6.50. The number of nitrogens with one attached hydrogen (secondary N) is 1. The maximum atomic E-state index is 12.6. The number of ether oxygens (including phenoxy) is 1. The molecule has 6 heteroatoms. The summed E-state index contributed by atoms with van der Waals surface area (Å²) in [6.45, 7) is 9.36. The molecule has 0 aliphatic heterocycles. The maximum Gasteiger partial charge on any atom is 0.340 e. The van der Waals surface area contributed by atoms with E-state index in [0.717, 1.165) is 32.1 Å². The van der Waals surface area contributed by atoms with E-state index in [9.17, 15) is 14.7 Å². The van der Waals surface area contributed by atoms with Crippen molar-refractivity contribution in [3.8, 4) is 5.75 Å². The summed E-state index contributed by atoms with van der Waals surface area (Å²) in [6.07, 6.45) is 5.53. The first-order chi connectivity index (χ1) is 16.5. The third-order valence-electron chi connectivity index (χ3n) is 8.45. The number of phenolic OH excluding ortho intramolecular Hbond substituents is 1. The zero-order chi connectivity index (χ0) is 25.4. The zero-order valence-electron chi connectivity index (χ0n) is 21.3. The van der Waals surface area contributed by atoms with Gasteiger partial charge in [0.1, 0.15) is 5.75 Å². The monoisotopic (exact) mass is 478 g/mol. The van der Waals surface area contributed by atoms with Gasteiger partial charge in [0.15, 0.2) is 6.61 Å². The fraction of sp³-hybridized carbons (Fsp3) is 0.517. The van der Waals surface area contributed by atoms with E-state index in [-0.39, 0.29) is 40.3 Å². The molecule has 0 saturated heterocycles. The van der Waals surface area contributed by atoms with Gasteiger partial charge in [0, 0.05) is 12.2 Å².